The van der Waals surface area contributed by atoms with Gasteiger partial charge >= 0.3 is 0 Å². The van der Waals surface area contributed by atoms with Gasteiger partial charge in [0.2, 0.25) is 0 Å². The van der Waals surface area contributed by atoms with Crippen LogP contribution in [0, 0.1) is 13.8 Å². The predicted molar refractivity (Wildman–Crippen MR) is 71.0 cm³/mol. The van der Waals surface area contributed by atoms with Crippen molar-refractivity contribution >= 4 is 0 Å². The molecule has 2 rings (SSSR count). The molecule has 1 aliphatic carbocycles. The van der Waals surface area contributed by atoms with Gasteiger partial charge in [-0.15, -0.1) is 0 Å². The van der Waals surface area contributed by atoms with E-state index in [0.717, 1.165) is 41.7 Å². The van der Waals surface area contributed by atoms with Crippen molar-refractivity contribution in [2.45, 2.75) is 44.8 Å². The minimum absolute atomic E-state index is 0.383. The fraction of sp³-hybridized carbons (Fsp3) is 0.600. The van der Waals surface area contributed by atoms with Crippen molar-refractivity contribution in [1.29, 1.82) is 0 Å². The highest BCUT2D eigenvalue weighted by Crippen LogP contribution is 2.46. The van der Waals surface area contributed by atoms with Crippen LogP contribution in [-0.4, -0.2) is 24.9 Å². The highest BCUT2D eigenvalue weighted by atomic mass is 16.5. The first-order valence-electron chi connectivity index (χ1n) is 6.42. The second-order valence-electron chi connectivity index (χ2n) is 5.20. The summed E-state index contributed by atoms with van der Waals surface area (Å²) >= 11 is 0. The van der Waals surface area contributed by atoms with Crippen molar-refractivity contribution < 1.29 is 14.6 Å². The van der Waals surface area contributed by atoms with Gasteiger partial charge in [-0.25, -0.2) is 0 Å². The zero-order valence-electron chi connectivity index (χ0n) is 11.6. The third kappa shape index (κ3) is 2.02. The molecule has 0 heterocycles. The van der Waals surface area contributed by atoms with Crippen molar-refractivity contribution in [3.8, 4) is 5.75 Å². The number of aliphatic hydroxyl groups excluding tert-OH is 1. The summed E-state index contributed by atoms with van der Waals surface area (Å²) < 4.78 is 10.9. The fourth-order valence-electron chi connectivity index (χ4n) is 2.72. The molecule has 100 valence electrons. The van der Waals surface area contributed by atoms with Crippen LogP contribution in [0.15, 0.2) is 12.1 Å². The molecule has 1 aliphatic rings. The monoisotopic (exact) mass is 250 g/mol. The van der Waals surface area contributed by atoms with Crippen molar-refractivity contribution in [1.82, 2.24) is 0 Å². The lowest BCUT2D eigenvalue weighted by atomic mass is 9.73. The van der Waals surface area contributed by atoms with Crippen LogP contribution in [0.25, 0.3) is 0 Å². The van der Waals surface area contributed by atoms with Gasteiger partial charge < -0.3 is 14.6 Å². The highest BCUT2D eigenvalue weighted by Gasteiger charge is 2.45. The topological polar surface area (TPSA) is 38.7 Å². The van der Waals surface area contributed by atoms with Gasteiger partial charge in [-0.05, 0) is 61.9 Å². The summed E-state index contributed by atoms with van der Waals surface area (Å²) in [7, 11) is 3.36. The molecule has 0 amide bonds. The molecular weight excluding hydrogens is 228 g/mol. The van der Waals surface area contributed by atoms with Crippen molar-refractivity contribution in [2.75, 3.05) is 14.2 Å². The van der Waals surface area contributed by atoms with Gasteiger partial charge in [0.25, 0.3) is 0 Å². The Morgan fingerprint density at radius 2 is 1.83 bits per heavy atom. The second-order valence-corrected chi connectivity index (χ2v) is 5.20. The first-order chi connectivity index (χ1) is 8.54. The molecule has 18 heavy (non-hydrogen) atoms. The van der Waals surface area contributed by atoms with Gasteiger partial charge in [0.1, 0.15) is 11.9 Å². The normalized spacial score (nSPS) is 19.2. The van der Waals surface area contributed by atoms with E-state index in [9.17, 15) is 5.11 Å². The van der Waals surface area contributed by atoms with Crippen LogP contribution in [0.1, 0.15) is 42.1 Å². The molecule has 0 bridgehead atoms. The maximum atomic E-state index is 10.6. The molecule has 3 heteroatoms. The number of methoxy groups -OCH3 is 2. The number of aryl methyl sites for hydroxylation is 2. The summed E-state index contributed by atoms with van der Waals surface area (Å²) in [6.07, 6.45) is 2.42. The molecular formula is C15H22O3. The molecule has 1 aromatic carbocycles. The Balaban J connectivity index is 2.36. The zero-order chi connectivity index (χ0) is 13.3. The maximum absolute atomic E-state index is 10.6. The highest BCUT2D eigenvalue weighted by molar-refractivity contribution is 5.43. The summed E-state index contributed by atoms with van der Waals surface area (Å²) in [6, 6.07) is 3.99. The standard InChI is InChI=1S/C15H22O3/c1-10-9-13(17-3)11(2)8-12(10)14(16)15(18-4)6-5-7-15/h8-9,14,16H,5-7H2,1-4H3. The lowest BCUT2D eigenvalue weighted by Gasteiger charge is -2.44. The van der Waals surface area contributed by atoms with E-state index >= 15 is 0 Å². The van der Waals surface area contributed by atoms with Gasteiger partial charge in [-0.1, -0.05) is 0 Å². The maximum Gasteiger partial charge on any atom is 0.122 e. The van der Waals surface area contributed by atoms with E-state index < -0.39 is 6.10 Å². The summed E-state index contributed by atoms with van der Waals surface area (Å²) in [6.45, 7) is 4.00. The average Bonchev–Trinajstić information content (AvgIpc) is 2.30. The summed E-state index contributed by atoms with van der Waals surface area (Å²) in [5.74, 6) is 0.864. The summed E-state index contributed by atoms with van der Waals surface area (Å²) in [5, 5.41) is 10.6. The SMILES string of the molecule is COc1cc(C)c(C(O)C2(OC)CCC2)cc1C. The Labute approximate surface area is 109 Å². The van der Waals surface area contributed by atoms with Crippen LogP contribution < -0.4 is 4.74 Å². The molecule has 1 unspecified atom stereocenters. The number of aliphatic hydroxyl groups is 1. The molecule has 0 aliphatic heterocycles. The van der Waals surface area contributed by atoms with Crippen LogP contribution in [0.3, 0.4) is 0 Å². The number of ether oxygens (including phenoxy) is 2. The van der Waals surface area contributed by atoms with E-state index in [1.54, 1.807) is 14.2 Å². The number of hydrogen-bond acceptors (Lipinski definition) is 3. The Kier molecular flexibility index (Phi) is 3.64. The van der Waals surface area contributed by atoms with Gasteiger partial charge in [-0.3, -0.25) is 0 Å². The lowest BCUT2D eigenvalue weighted by Crippen LogP contribution is -2.45. The van der Waals surface area contributed by atoms with Crippen molar-refractivity contribution in [3.05, 3.63) is 28.8 Å². The van der Waals surface area contributed by atoms with Crippen molar-refractivity contribution in [2.24, 2.45) is 0 Å². The third-order valence-corrected chi connectivity index (χ3v) is 4.18. The summed E-state index contributed by atoms with van der Waals surface area (Å²) in [4.78, 5) is 0. The lowest BCUT2D eigenvalue weighted by molar-refractivity contribution is -0.152. The van der Waals surface area contributed by atoms with Gasteiger partial charge in [-0.2, -0.15) is 0 Å². The largest absolute Gasteiger partial charge is 0.496 e. The smallest absolute Gasteiger partial charge is 0.122 e. The predicted octanol–water partition coefficient (Wildman–Crippen LogP) is 2.91. The van der Waals surface area contributed by atoms with Crippen LogP contribution in [0.4, 0.5) is 0 Å². The Morgan fingerprint density at radius 3 is 2.28 bits per heavy atom. The van der Waals surface area contributed by atoms with Crippen molar-refractivity contribution in [3.63, 3.8) is 0 Å². The van der Waals surface area contributed by atoms with Crippen LogP contribution in [-0.2, 0) is 4.74 Å². The Morgan fingerprint density at radius 1 is 1.17 bits per heavy atom. The first kappa shape index (κ1) is 13.4. The second kappa shape index (κ2) is 4.90. The summed E-state index contributed by atoms with van der Waals surface area (Å²) in [5.41, 5.74) is 2.66. The van der Waals surface area contributed by atoms with Gasteiger partial charge in [0.15, 0.2) is 0 Å². The number of benzene rings is 1. The molecule has 1 fully saturated rings. The minimum Gasteiger partial charge on any atom is -0.496 e. The van der Waals surface area contributed by atoms with E-state index in [4.69, 9.17) is 9.47 Å². The van der Waals surface area contributed by atoms with Crippen LogP contribution >= 0.6 is 0 Å². The first-order valence-corrected chi connectivity index (χ1v) is 6.42. The average molecular weight is 250 g/mol. The van der Waals surface area contributed by atoms with E-state index in [1.165, 1.54) is 0 Å². The molecule has 0 saturated heterocycles. The van der Waals surface area contributed by atoms with E-state index in [1.807, 2.05) is 26.0 Å². The molecule has 0 spiro atoms. The zero-order valence-corrected chi connectivity index (χ0v) is 11.6. The molecule has 1 N–H and O–H groups in total. The Bertz CT molecular complexity index is 430. The van der Waals surface area contributed by atoms with Crippen LogP contribution in [0.5, 0.6) is 5.75 Å². The molecule has 1 atom stereocenters. The van der Waals surface area contributed by atoms with E-state index in [2.05, 4.69) is 0 Å². The van der Waals surface area contributed by atoms with E-state index in [-0.39, 0.29) is 5.60 Å². The van der Waals surface area contributed by atoms with Gasteiger partial charge in [0, 0.05) is 7.11 Å². The van der Waals surface area contributed by atoms with Crippen LogP contribution in [0.2, 0.25) is 0 Å². The quantitative estimate of drug-likeness (QED) is 0.893. The number of hydrogen-bond donors (Lipinski definition) is 1. The Hall–Kier alpha value is -1.06. The molecule has 1 aromatic rings. The van der Waals surface area contributed by atoms with Gasteiger partial charge in [0.05, 0.1) is 12.7 Å². The number of rotatable bonds is 4. The molecule has 1 saturated carbocycles. The molecule has 0 aromatic heterocycles. The third-order valence-electron chi connectivity index (χ3n) is 4.18. The molecule has 0 radical (unpaired) electrons. The molecule has 3 nitrogen and oxygen atoms in total. The minimum atomic E-state index is -0.555. The fourth-order valence-corrected chi connectivity index (χ4v) is 2.72. The van der Waals surface area contributed by atoms with E-state index in [0.29, 0.717) is 0 Å².